The molecular formula is C19H21Cl2NS2. The summed E-state index contributed by atoms with van der Waals surface area (Å²) in [5.41, 5.74) is 1.88. The van der Waals surface area contributed by atoms with Crippen LogP contribution in [-0.4, -0.2) is 16.5 Å². The first-order valence-electron chi connectivity index (χ1n) is 7.88. The molecular weight excluding hydrogens is 377 g/mol. The Kier molecular flexibility index (Phi) is 7.55. The van der Waals surface area contributed by atoms with Crippen molar-refractivity contribution < 1.29 is 0 Å². The second-order valence-corrected chi connectivity index (χ2v) is 9.00. The first-order chi connectivity index (χ1) is 11.5. The first kappa shape index (κ1) is 19.7. The average Bonchev–Trinajstić information content (AvgIpc) is 2.58. The van der Waals surface area contributed by atoms with E-state index < -0.39 is 0 Å². The summed E-state index contributed by atoms with van der Waals surface area (Å²) in [5.74, 6) is 1.93. The largest absolute Gasteiger partial charge is 0.242 e. The van der Waals surface area contributed by atoms with Gasteiger partial charge in [0.1, 0.15) is 5.69 Å². The summed E-state index contributed by atoms with van der Waals surface area (Å²) >= 11 is 16.3. The molecule has 2 aromatic rings. The Bertz CT molecular complexity index is 684. The zero-order valence-electron chi connectivity index (χ0n) is 14.1. The van der Waals surface area contributed by atoms with Crippen molar-refractivity contribution in [3.05, 3.63) is 64.1 Å². The van der Waals surface area contributed by atoms with Gasteiger partial charge in [0.2, 0.25) is 0 Å². The van der Waals surface area contributed by atoms with Gasteiger partial charge in [0, 0.05) is 0 Å². The Hall–Kier alpha value is -0.610. The van der Waals surface area contributed by atoms with Gasteiger partial charge in [0.05, 0.1) is 19.8 Å². The molecule has 2 rings (SSSR count). The minimum atomic E-state index is -0.237. The van der Waals surface area contributed by atoms with Crippen LogP contribution in [0.4, 0.5) is 5.69 Å². The van der Waals surface area contributed by atoms with E-state index in [2.05, 4.69) is 45.0 Å². The highest BCUT2D eigenvalue weighted by Crippen LogP contribution is 2.43. The minimum absolute atomic E-state index is 0.237. The zero-order chi connectivity index (χ0) is 17.6. The van der Waals surface area contributed by atoms with Gasteiger partial charge in [-0.05, 0) is 36.1 Å². The van der Waals surface area contributed by atoms with Gasteiger partial charge in [0.15, 0.2) is 0 Å². The van der Waals surface area contributed by atoms with E-state index in [1.54, 1.807) is 11.8 Å². The van der Waals surface area contributed by atoms with E-state index in [-0.39, 0.29) is 4.75 Å². The molecule has 0 N–H and O–H groups in total. The van der Waals surface area contributed by atoms with E-state index in [4.69, 9.17) is 28.2 Å². The number of thioether (sulfide) groups is 2. The summed E-state index contributed by atoms with van der Waals surface area (Å²) in [6, 6.07) is 16.0. The highest BCUT2D eigenvalue weighted by atomic mass is 35.5. The van der Waals surface area contributed by atoms with Crippen LogP contribution in [0.3, 0.4) is 0 Å². The monoisotopic (exact) mass is 397 g/mol. The SMILES string of the molecule is CCSC(=Nc1c(Cl)cccc1Cl)C(C)(SCC)c1ccccc1. The third-order valence-electron chi connectivity index (χ3n) is 3.60. The number of benzene rings is 2. The molecule has 0 radical (unpaired) electrons. The number of para-hydroxylation sites is 1. The molecule has 0 amide bonds. The fourth-order valence-corrected chi connectivity index (χ4v) is 5.13. The lowest BCUT2D eigenvalue weighted by molar-refractivity contribution is 0.947. The first-order valence-corrected chi connectivity index (χ1v) is 10.6. The number of nitrogens with zero attached hydrogens (tertiary/aromatic N) is 1. The van der Waals surface area contributed by atoms with Crippen molar-refractivity contribution in [3.8, 4) is 0 Å². The molecule has 0 aliphatic heterocycles. The number of halogens is 2. The molecule has 24 heavy (non-hydrogen) atoms. The van der Waals surface area contributed by atoms with Crippen LogP contribution in [0.1, 0.15) is 26.3 Å². The summed E-state index contributed by atoms with van der Waals surface area (Å²) in [7, 11) is 0. The topological polar surface area (TPSA) is 12.4 Å². The Labute approximate surface area is 163 Å². The molecule has 128 valence electrons. The number of rotatable bonds is 6. The summed E-state index contributed by atoms with van der Waals surface area (Å²) in [6.07, 6.45) is 0. The van der Waals surface area contributed by atoms with Crippen LogP contribution >= 0.6 is 46.7 Å². The lowest BCUT2D eigenvalue weighted by Gasteiger charge is -2.30. The van der Waals surface area contributed by atoms with Crippen molar-refractivity contribution in [2.24, 2.45) is 4.99 Å². The molecule has 0 bridgehead atoms. The number of aliphatic imine (C=N–C) groups is 1. The van der Waals surface area contributed by atoms with Crippen LogP contribution in [0.15, 0.2) is 53.5 Å². The lowest BCUT2D eigenvalue weighted by atomic mass is 10.0. The van der Waals surface area contributed by atoms with Gasteiger partial charge in [-0.3, -0.25) is 0 Å². The summed E-state index contributed by atoms with van der Waals surface area (Å²) in [4.78, 5) is 4.91. The normalized spacial score (nSPS) is 14.5. The molecule has 1 unspecified atom stereocenters. The molecule has 0 saturated heterocycles. The van der Waals surface area contributed by atoms with Crippen molar-refractivity contribution in [1.29, 1.82) is 0 Å². The van der Waals surface area contributed by atoms with E-state index in [0.717, 1.165) is 16.5 Å². The van der Waals surface area contributed by atoms with Crippen LogP contribution in [0.25, 0.3) is 0 Å². The quantitative estimate of drug-likeness (QED) is 0.370. The van der Waals surface area contributed by atoms with Crippen LogP contribution < -0.4 is 0 Å². The molecule has 0 heterocycles. The average molecular weight is 398 g/mol. The lowest BCUT2D eigenvalue weighted by Crippen LogP contribution is -2.27. The molecule has 0 aliphatic carbocycles. The summed E-state index contributed by atoms with van der Waals surface area (Å²) in [6.45, 7) is 6.53. The van der Waals surface area contributed by atoms with Crippen LogP contribution in [0.5, 0.6) is 0 Å². The second kappa shape index (κ2) is 9.19. The Morgan fingerprint density at radius 3 is 2.12 bits per heavy atom. The van der Waals surface area contributed by atoms with Crippen molar-refractivity contribution in [2.75, 3.05) is 11.5 Å². The van der Waals surface area contributed by atoms with Crippen LogP contribution in [0, 0.1) is 0 Å². The van der Waals surface area contributed by atoms with Gasteiger partial charge in [0.25, 0.3) is 0 Å². The zero-order valence-corrected chi connectivity index (χ0v) is 17.2. The van der Waals surface area contributed by atoms with Crippen LogP contribution in [0.2, 0.25) is 10.0 Å². The van der Waals surface area contributed by atoms with Crippen LogP contribution in [-0.2, 0) is 4.75 Å². The van der Waals surface area contributed by atoms with Crippen molar-refractivity contribution in [3.63, 3.8) is 0 Å². The van der Waals surface area contributed by atoms with Gasteiger partial charge in [-0.25, -0.2) is 4.99 Å². The fourth-order valence-electron chi connectivity index (χ4n) is 2.42. The maximum absolute atomic E-state index is 6.34. The molecule has 0 aliphatic rings. The van der Waals surface area contributed by atoms with Crippen molar-refractivity contribution in [2.45, 2.75) is 25.5 Å². The highest BCUT2D eigenvalue weighted by molar-refractivity contribution is 8.16. The maximum atomic E-state index is 6.34. The Morgan fingerprint density at radius 1 is 0.958 bits per heavy atom. The molecule has 0 fully saturated rings. The van der Waals surface area contributed by atoms with Crippen molar-refractivity contribution >= 4 is 57.5 Å². The second-order valence-electron chi connectivity index (χ2n) is 5.25. The van der Waals surface area contributed by atoms with Gasteiger partial charge in [-0.1, -0.05) is 73.4 Å². The molecule has 0 aromatic heterocycles. The predicted octanol–water partition coefficient (Wildman–Crippen LogP) is 7.45. The third-order valence-corrected chi connectivity index (χ3v) is 6.69. The van der Waals surface area contributed by atoms with E-state index in [9.17, 15) is 0 Å². The molecule has 5 heteroatoms. The van der Waals surface area contributed by atoms with Gasteiger partial charge >= 0.3 is 0 Å². The van der Waals surface area contributed by atoms with E-state index in [1.807, 2.05) is 36.0 Å². The third kappa shape index (κ3) is 4.51. The predicted molar refractivity (Wildman–Crippen MR) is 114 cm³/mol. The van der Waals surface area contributed by atoms with Gasteiger partial charge in [-0.2, -0.15) is 0 Å². The number of hydrogen-bond acceptors (Lipinski definition) is 3. The summed E-state index contributed by atoms with van der Waals surface area (Å²) in [5, 5.41) is 2.18. The standard InChI is InChI=1S/C19H21Cl2NS2/c1-4-23-18(22-17-15(20)12-9-13-16(17)21)19(3,24-5-2)14-10-7-6-8-11-14/h6-13H,4-5H2,1-3H3. The maximum Gasteiger partial charge on any atom is 0.101 e. The molecule has 1 atom stereocenters. The molecule has 2 aromatic carbocycles. The Balaban J connectivity index is 2.60. The fraction of sp³-hybridized carbons (Fsp3) is 0.316. The summed E-state index contributed by atoms with van der Waals surface area (Å²) < 4.78 is -0.237. The highest BCUT2D eigenvalue weighted by Gasteiger charge is 2.33. The molecule has 0 spiro atoms. The molecule has 1 nitrogen and oxygen atoms in total. The smallest absolute Gasteiger partial charge is 0.101 e. The van der Waals surface area contributed by atoms with Gasteiger partial charge in [-0.15, -0.1) is 23.5 Å². The Morgan fingerprint density at radius 2 is 1.58 bits per heavy atom. The van der Waals surface area contributed by atoms with E-state index >= 15 is 0 Å². The minimum Gasteiger partial charge on any atom is -0.242 e. The number of hydrogen-bond donors (Lipinski definition) is 0. The molecule has 0 saturated carbocycles. The van der Waals surface area contributed by atoms with Gasteiger partial charge < -0.3 is 0 Å². The van der Waals surface area contributed by atoms with E-state index in [0.29, 0.717) is 15.7 Å². The van der Waals surface area contributed by atoms with E-state index in [1.165, 1.54) is 5.56 Å². The van der Waals surface area contributed by atoms with Crippen molar-refractivity contribution in [1.82, 2.24) is 0 Å².